The average Bonchev–Trinajstić information content (AvgIpc) is 3.36. The zero-order valence-electron chi connectivity index (χ0n) is 21.5. The molecule has 4 rings (SSSR count). The lowest BCUT2D eigenvalue weighted by Gasteiger charge is -2.36. The summed E-state index contributed by atoms with van der Waals surface area (Å²) in [5.74, 6) is 2.22. The minimum absolute atomic E-state index is 0.671. The van der Waals surface area contributed by atoms with E-state index in [9.17, 15) is 0 Å². The lowest BCUT2D eigenvalue weighted by atomic mass is 10.1. The van der Waals surface area contributed by atoms with E-state index in [1.165, 1.54) is 11.3 Å². The predicted octanol–water partition coefficient (Wildman–Crippen LogP) is 4.70. The monoisotopic (exact) mass is 478 g/mol. The van der Waals surface area contributed by atoms with E-state index in [1.54, 1.807) is 14.2 Å². The van der Waals surface area contributed by atoms with Gasteiger partial charge in [-0.05, 0) is 57.2 Å². The number of rotatable bonds is 11. The van der Waals surface area contributed by atoms with Gasteiger partial charge in [0.05, 0.1) is 20.8 Å². The maximum Gasteiger partial charge on any atom is 0.170 e. The van der Waals surface area contributed by atoms with Crippen LogP contribution in [0.2, 0.25) is 0 Å². The van der Waals surface area contributed by atoms with E-state index in [4.69, 9.17) is 14.0 Å². The van der Waals surface area contributed by atoms with Crippen LogP contribution in [0.15, 0.2) is 53.1 Å². The molecular formula is C28H38N4O3. The number of ether oxygens (including phenoxy) is 2. The molecule has 0 N–H and O–H groups in total. The van der Waals surface area contributed by atoms with Gasteiger partial charge in [0.2, 0.25) is 0 Å². The van der Waals surface area contributed by atoms with Gasteiger partial charge < -0.3 is 18.9 Å². The van der Waals surface area contributed by atoms with Crippen LogP contribution in [0.25, 0.3) is 11.3 Å². The van der Waals surface area contributed by atoms with Crippen molar-refractivity contribution < 1.29 is 14.0 Å². The molecule has 2 heterocycles. The van der Waals surface area contributed by atoms with E-state index in [-0.39, 0.29) is 0 Å². The Morgan fingerprint density at radius 1 is 1.00 bits per heavy atom. The van der Waals surface area contributed by atoms with Gasteiger partial charge in [-0.1, -0.05) is 35.8 Å². The molecule has 0 aliphatic carbocycles. The molecule has 7 nitrogen and oxygen atoms in total. The first-order chi connectivity index (χ1) is 17.1. The smallest absolute Gasteiger partial charge is 0.170 e. The summed E-state index contributed by atoms with van der Waals surface area (Å²) in [6.07, 6.45) is 1.14. The second-order valence-electron chi connectivity index (χ2n) is 9.11. The highest BCUT2D eigenvalue weighted by molar-refractivity contribution is 5.71. The van der Waals surface area contributed by atoms with Gasteiger partial charge in [0.15, 0.2) is 17.3 Å². The first-order valence-electron chi connectivity index (χ1n) is 12.5. The molecule has 35 heavy (non-hydrogen) atoms. The summed E-state index contributed by atoms with van der Waals surface area (Å²) in [5, 5.41) is 4.30. The van der Waals surface area contributed by atoms with Crippen molar-refractivity contribution in [2.75, 3.05) is 64.9 Å². The van der Waals surface area contributed by atoms with Crippen molar-refractivity contribution in [2.45, 2.75) is 26.8 Å². The van der Waals surface area contributed by atoms with E-state index >= 15 is 0 Å². The van der Waals surface area contributed by atoms with Gasteiger partial charge in [-0.3, -0.25) is 9.80 Å². The highest BCUT2D eigenvalue weighted by Crippen LogP contribution is 2.37. The Kier molecular flexibility index (Phi) is 8.66. The first-order valence-corrected chi connectivity index (χ1v) is 12.5. The fourth-order valence-electron chi connectivity index (χ4n) is 4.68. The Morgan fingerprint density at radius 2 is 1.77 bits per heavy atom. The highest BCUT2D eigenvalue weighted by Gasteiger charge is 2.18. The molecule has 0 bridgehead atoms. The Morgan fingerprint density at radius 3 is 2.46 bits per heavy atom. The molecule has 0 radical (unpaired) electrons. The van der Waals surface area contributed by atoms with Crippen molar-refractivity contribution in [2.24, 2.45) is 0 Å². The maximum atomic E-state index is 5.68. The van der Waals surface area contributed by atoms with Gasteiger partial charge in [-0.15, -0.1) is 0 Å². The van der Waals surface area contributed by atoms with E-state index in [1.807, 2.05) is 24.3 Å². The lowest BCUT2D eigenvalue weighted by molar-refractivity contribution is 0.206. The minimum atomic E-state index is 0.671. The number of hydrogen-bond acceptors (Lipinski definition) is 7. The molecule has 1 aliphatic heterocycles. The fraction of sp³-hybridized carbons (Fsp3) is 0.464. The van der Waals surface area contributed by atoms with Gasteiger partial charge in [-0.25, -0.2) is 0 Å². The normalized spacial score (nSPS) is 14.5. The second kappa shape index (κ2) is 12.1. The van der Waals surface area contributed by atoms with Gasteiger partial charge in [0.25, 0.3) is 0 Å². The van der Waals surface area contributed by atoms with E-state index in [0.717, 1.165) is 75.8 Å². The third-order valence-electron chi connectivity index (χ3n) is 6.78. The van der Waals surface area contributed by atoms with Crippen LogP contribution in [0.3, 0.4) is 0 Å². The minimum Gasteiger partial charge on any atom is -0.493 e. The number of anilines is 1. The maximum absolute atomic E-state index is 5.68. The third kappa shape index (κ3) is 6.35. The summed E-state index contributed by atoms with van der Waals surface area (Å²) in [4.78, 5) is 7.49. The summed E-state index contributed by atoms with van der Waals surface area (Å²) in [6.45, 7) is 12.6. The van der Waals surface area contributed by atoms with Gasteiger partial charge in [-0.2, -0.15) is 0 Å². The number of methoxy groups -OCH3 is 2. The standard InChI is InChI=1S/C28H38N4O3/c1-5-30(14-7-15-31-16-18-32(19-17-31)23-12-10-22(2)11-13-23)21-24-20-26(29-35-24)25-8-6-9-27(33-3)28(25)34-4/h6,8-13,20H,5,7,14-19,21H2,1-4H3. The average molecular weight is 479 g/mol. The molecule has 0 atom stereocenters. The van der Waals surface area contributed by atoms with Crippen molar-refractivity contribution in [1.82, 2.24) is 15.0 Å². The quantitative estimate of drug-likeness (QED) is 0.396. The molecule has 2 aromatic carbocycles. The zero-order valence-corrected chi connectivity index (χ0v) is 21.5. The number of aromatic nitrogens is 1. The topological polar surface area (TPSA) is 54.2 Å². The van der Waals surface area contributed by atoms with E-state index < -0.39 is 0 Å². The van der Waals surface area contributed by atoms with Gasteiger partial charge >= 0.3 is 0 Å². The van der Waals surface area contributed by atoms with Crippen molar-refractivity contribution >= 4 is 5.69 Å². The highest BCUT2D eigenvalue weighted by atomic mass is 16.5. The molecule has 1 saturated heterocycles. The molecule has 3 aromatic rings. The molecule has 1 aromatic heterocycles. The molecule has 188 valence electrons. The molecular weight excluding hydrogens is 440 g/mol. The summed E-state index contributed by atoms with van der Waals surface area (Å²) in [6, 6.07) is 16.7. The molecule has 7 heteroatoms. The SMILES string of the molecule is CCN(CCCN1CCN(c2ccc(C)cc2)CC1)Cc1cc(-c2cccc(OC)c2OC)no1. The van der Waals surface area contributed by atoms with E-state index in [0.29, 0.717) is 11.5 Å². The van der Waals surface area contributed by atoms with Crippen molar-refractivity contribution in [3.63, 3.8) is 0 Å². The molecule has 1 aliphatic rings. The molecule has 1 fully saturated rings. The van der Waals surface area contributed by atoms with Crippen LogP contribution in [-0.4, -0.2) is 75.0 Å². The number of hydrogen-bond donors (Lipinski definition) is 0. The van der Waals surface area contributed by atoms with Crippen molar-refractivity contribution in [3.8, 4) is 22.8 Å². The van der Waals surface area contributed by atoms with Crippen molar-refractivity contribution in [1.29, 1.82) is 0 Å². The summed E-state index contributed by atoms with van der Waals surface area (Å²) < 4.78 is 16.6. The van der Waals surface area contributed by atoms with Crippen LogP contribution in [0.5, 0.6) is 11.5 Å². The van der Waals surface area contributed by atoms with Crippen LogP contribution >= 0.6 is 0 Å². The van der Waals surface area contributed by atoms with Crippen molar-refractivity contribution in [3.05, 3.63) is 59.9 Å². The largest absolute Gasteiger partial charge is 0.493 e. The number of piperazine rings is 1. The molecule has 0 saturated carbocycles. The molecule has 0 unspecified atom stereocenters. The zero-order chi connectivity index (χ0) is 24.6. The Hall–Kier alpha value is -3.03. The van der Waals surface area contributed by atoms with E-state index in [2.05, 4.69) is 58.0 Å². The Labute approximate surface area is 209 Å². The van der Waals surface area contributed by atoms with Gasteiger partial charge in [0, 0.05) is 43.5 Å². The molecule has 0 spiro atoms. The molecule has 0 amide bonds. The number of para-hydroxylation sites is 1. The van der Waals surface area contributed by atoms with Gasteiger partial charge in [0.1, 0.15) is 5.69 Å². The Balaban J connectivity index is 1.25. The second-order valence-corrected chi connectivity index (χ2v) is 9.11. The van der Waals surface area contributed by atoms with Crippen LogP contribution in [-0.2, 0) is 6.54 Å². The number of benzene rings is 2. The third-order valence-corrected chi connectivity index (χ3v) is 6.78. The number of aryl methyl sites for hydroxylation is 1. The summed E-state index contributed by atoms with van der Waals surface area (Å²) >= 11 is 0. The lowest BCUT2D eigenvalue weighted by Crippen LogP contribution is -2.47. The van der Waals surface area contributed by atoms with Crippen LogP contribution < -0.4 is 14.4 Å². The Bertz CT molecular complexity index is 1060. The van der Waals surface area contributed by atoms with Crippen LogP contribution in [0.4, 0.5) is 5.69 Å². The summed E-state index contributed by atoms with van der Waals surface area (Å²) in [7, 11) is 3.28. The predicted molar refractivity (Wildman–Crippen MR) is 140 cm³/mol. The van der Waals surface area contributed by atoms with Crippen LogP contribution in [0.1, 0.15) is 24.7 Å². The number of nitrogens with zero attached hydrogens (tertiary/aromatic N) is 4. The van der Waals surface area contributed by atoms with Crippen LogP contribution in [0, 0.1) is 6.92 Å². The first kappa shape index (κ1) is 25.1. The summed E-state index contributed by atoms with van der Waals surface area (Å²) in [5.41, 5.74) is 4.28. The fourth-order valence-corrected chi connectivity index (χ4v) is 4.68.